The highest BCUT2D eigenvalue weighted by Crippen LogP contribution is 2.26. The fourth-order valence-corrected chi connectivity index (χ4v) is 2.59. The molecule has 2 N–H and O–H groups in total. The Kier molecular flexibility index (Phi) is 4.51. The molecule has 3 rings (SSSR count). The largest absolute Gasteiger partial charge is 0.489 e. The molecule has 0 aliphatic rings. The molecule has 0 radical (unpaired) electrons. The number of aromatic nitrogens is 1. The first-order valence-corrected chi connectivity index (χ1v) is 7.84. The third-order valence-electron chi connectivity index (χ3n) is 3.60. The van der Waals surface area contributed by atoms with Crippen LogP contribution < -0.4 is 10.1 Å². The van der Waals surface area contributed by atoms with Gasteiger partial charge in [0.05, 0.1) is 18.2 Å². The zero-order valence-corrected chi connectivity index (χ0v) is 13.6. The minimum absolute atomic E-state index is 0.0136. The minimum atomic E-state index is -0.320. The summed E-state index contributed by atoms with van der Waals surface area (Å²) in [5, 5.41) is 3.58. The van der Waals surface area contributed by atoms with Crippen LogP contribution in [0.3, 0.4) is 0 Å². The van der Waals surface area contributed by atoms with E-state index in [-0.39, 0.29) is 24.2 Å². The predicted molar refractivity (Wildman–Crippen MR) is 92.8 cm³/mol. The Labute approximate surface area is 139 Å². The van der Waals surface area contributed by atoms with Crippen LogP contribution in [0.15, 0.2) is 48.7 Å². The number of benzene rings is 2. The normalized spacial score (nSPS) is 11.0. The van der Waals surface area contributed by atoms with Gasteiger partial charge in [0.15, 0.2) is 0 Å². The Bertz CT molecular complexity index is 871. The number of carbonyl (C=O) groups is 1. The maximum absolute atomic E-state index is 13.4. The summed E-state index contributed by atoms with van der Waals surface area (Å²) in [5.41, 5.74) is 2.19. The van der Waals surface area contributed by atoms with Gasteiger partial charge in [0.25, 0.3) is 0 Å². The topological polar surface area (TPSA) is 54.1 Å². The van der Waals surface area contributed by atoms with Crippen LogP contribution in [-0.2, 0) is 11.2 Å². The monoisotopic (exact) mass is 326 g/mol. The van der Waals surface area contributed by atoms with Crippen LogP contribution in [-0.4, -0.2) is 17.0 Å². The van der Waals surface area contributed by atoms with Gasteiger partial charge in [0.1, 0.15) is 11.6 Å². The van der Waals surface area contributed by atoms with E-state index in [4.69, 9.17) is 4.74 Å². The van der Waals surface area contributed by atoms with Gasteiger partial charge < -0.3 is 15.0 Å². The van der Waals surface area contributed by atoms with Gasteiger partial charge in [0.2, 0.25) is 5.91 Å². The summed E-state index contributed by atoms with van der Waals surface area (Å²) in [5.74, 6) is 0.130. The van der Waals surface area contributed by atoms with E-state index in [9.17, 15) is 9.18 Å². The number of H-pyrrole nitrogens is 1. The van der Waals surface area contributed by atoms with Gasteiger partial charge >= 0.3 is 0 Å². The molecule has 4 nitrogen and oxygen atoms in total. The molecule has 0 spiro atoms. The van der Waals surface area contributed by atoms with E-state index < -0.39 is 0 Å². The van der Waals surface area contributed by atoms with E-state index in [1.165, 1.54) is 12.1 Å². The van der Waals surface area contributed by atoms with Crippen LogP contribution in [0.2, 0.25) is 0 Å². The van der Waals surface area contributed by atoms with E-state index >= 15 is 0 Å². The van der Waals surface area contributed by atoms with Crippen molar-refractivity contribution in [2.24, 2.45) is 0 Å². The second kappa shape index (κ2) is 6.74. The van der Waals surface area contributed by atoms with Gasteiger partial charge in [-0.1, -0.05) is 12.1 Å². The number of amides is 1. The van der Waals surface area contributed by atoms with Gasteiger partial charge in [-0.3, -0.25) is 4.79 Å². The molecule has 0 fully saturated rings. The van der Waals surface area contributed by atoms with Crippen LogP contribution in [0, 0.1) is 5.82 Å². The standard InChI is InChI=1S/C19H19FN2O2/c1-12(2)24-18-6-4-3-5-17(18)22-19(23)9-13-11-21-16-8-7-14(20)10-15(13)16/h3-8,10-12,21H,9H2,1-2H3,(H,22,23). The molecule has 0 unspecified atom stereocenters. The molecule has 2 aromatic carbocycles. The van der Waals surface area contributed by atoms with E-state index in [1.54, 1.807) is 18.3 Å². The number of rotatable bonds is 5. The maximum Gasteiger partial charge on any atom is 0.228 e. The minimum Gasteiger partial charge on any atom is -0.489 e. The Morgan fingerprint density at radius 2 is 2.04 bits per heavy atom. The first-order valence-electron chi connectivity index (χ1n) is 7.84. The quantitative estimate of drug-likeness (QED) is 0.735. The third kappa shape index (κ3) is 3.56. The lowest BCUT2D eigenvalue weighted by atomic mass is 10.1. The number of aromatic amines is 1. The summed E-state index contributed by atoms with van der Waals surface area (Å²) in [6, 6.07) is 11.8. The van der Waals surface area contributed by atoms with Crippen molar-refractivity contribution in [1.82, 2.24) is 4.98 Å². The van der Waals surface area contributed by atoms with Crippen molar-refractivity contribution in [3.8, 4) is 5.75 Å². The van der Waals surface area contributed by atoms with Crippen molar-refractivity contribution in [3.63, 3.8) is 0 Å². The second-order valence-corrected chi connectivity index (χ2v) is 5.89. The number of hydrogen-bond donors (Lipinski definition) is 2. The van der Waals surface area contributed by atoms with Crippen LogP contribution in [0.1, 0.15) is 19.4 Å². The fourth-order valence-electron chi connectivity index (χ4n) is 2.59. The van der Waals surface area contributed by atoms with Gasteiger partial charge in [-0.15, -0.1) is 0 Å². The molecular formula is C19H19FN2O2. The molecule has 24 heavy (non-hydrogen) atoms. The van der Waals surface area contributed by atoms with Crippen molar-refractivity contribution in [2.45, 2.75) is 26.4 Å². The molecule has 0 aliphatic carbocycles. The highest BCUT2D eigenvalue weighted by atomic mass is 19.1. The summed E-state index contributed by atoms with van der Waals surface area (Å²) < 4.78 is 19.1. The van der Waals surface area contributed by atoms with Crippen LogP contribution in [0.5, 0.6) is 5.75 Å². The molecular weight excluding hydrogens is 307 g/mol. The summed E-state index contributed by atoms with van der Waals surface area (Å²) in [7, 11) is 0. The van der Waals surface area contributed by atoms with Crippen molar-refractivity contribution >= 4 is 22.5 Å². The van der Waals surface area contributed by atoms with E-state index in [0.717, 1.165) is 16.5 Å². The van der Waals surface area contributed by atoms with E-state index in [2.05, 4.69) is 10.3 Å². The highest BCUT2D eigenvalue weighted by Gasteiger charge is 2.12. The lowest BCUT2D eigenvalue weighted by molar-refractivity contribution is -0.115. The smallest absolute Gasteiger partial charge is 0.228 e. The van der Waals surface area contributed by atoms with Gasteiger partial charge in [-0.2, -0.15) is 0 Å². The molecule has 1 amide bonds. The number of fused-ring (bicyclic) bond motifs is 1. The molecule has 5 heteroatoms. The number of halogens is 1. The second-order valence-electron chi connectivity index (χ2n) is 5.89. The lowest BCUT2D eigenvalue weighted by Gasteiger charge is -2.14. The average Bonchev–Trinajstić information content (AvgIpc) is 2.91. The number of para-hydroxylation sites is 2. The Hall–Kier alpha value is -2.82. The molecule has 0 bridgehead atoms. The van der Waals surface area contributed by atoms with Crippen LogP contribution >= 0.6 is 0 Å². The van der Waals surface area contributed by atoms with Crippen LogP contribution in [0.4, 0.5) is 10.1 Å². The molecule has 0 atom stereocenters. The zero-order valence-electron chi connectivity index (χ0n) is 13.6. The molecule has 0 saturated heterocycles. The Balaban J connectivity index is 1.77. The van der Waals surface area contributed by atoms with E-state index in [0.29, 0.717) is 11.4 Å². The van der Waals surface area contributed by atoms with E-state index in [1.807, 2.05) is 32.0 Å². The number of ether oxygens (including phenoxy) is 1. The van der Waals surface area contributed by atoms with Gasteiger partial charge in [-0.25, -0.2) is 4.39 Å². The average molecular weight is 326 g/mol. The van der Waals surface area contributed by atoms with Crippen molar-refractivity contribution in [3.05, 3.63) is 60.0 Å². The lowest BCUT2D eigenvalue weighted by Crippen LogP contribution is -2.16. The Morgan fingerprint density at radius 1 is 1.25 bits per heavy atom. The number of carbonyl (C=O) groups excluding carboxylic acids is 1. The van der Waals surface area contributed by atoms with Gasteiger partial charge in [-0.05, 0) is 49.7 Å². The fraction of sp³-hybridized carbons (Fsp3) is 0.211. The van der Waals surface area contributed by atoms with Crippen LogP contribution in [0.25, 0.3) is 10.9 Å². The maximum atomic E-state index is 13.4. The Morgan fingerprint density at radius 3 is 2.83 bits per heavy atom. The number of hydrogen-bond acceptors (Lipinski definition) is 2. The first-order chi connectivity index (χ1) is 11.5. The molecule has 3 aromatic rings. The summed E-state index contributed by atoms with van der Waals surface area (Å²) >= 11 is 0. The first kappa shape index (κ1) is 16.1. The molecule has 1 aromatic heterocycles. The van der Waals surface area contributed by atoms with Crippen molar-refractivity contribution < 1.29 is 13.9 Å². The molecule has 0 saturated carbocycles. The predicted octanol–water partition coefficient (Wildman–Crippen LogP) is 4.28. The molecule has 1 heterocycles. The molecule has 124 valence electrons. The highest BCUT2D eigenvalue weighted by molar-refractivity contribution is 5.96. The summed E-state index contributed by atoms with van der Waals surface area (Å²) in [4.78, 5) is 15.4. The van der Waals surface area contributed by atoms with Gasteiger partial charge in [0, 0.05) is 17.1 Å². The summed E-state index contributed by atoms with van der Waals surface area (Å²) in [6.45, 7) is 3.86. The van der Waals surface area contributed by atoms with Crippen molar-refractivity contribution in [2.75, 3.05) is 5.32 Å². The van der Waals surface area contributed by atoms with Crippen molar-refractivity contribution in [1.29, 1.82) is 0 Å². The summed E-state index contributed by atoms with van der Waals surface area (Å²) in [6.07, 6.45) is 1.90. The number of anilines is 1. The number of nitrogens with one attached hydrogen (secondary N) is 2. The SMILES string of the molecule is CC(C)Oc1ccccc1NC(=O)Cc1c[nH]c2ccc(F)cc12. The zero-order chi connectivity index (χ0) is 17.1. The molecule has 0 aliphatic heterocycles. The third-order valence-corrected chi connectivity index (χ3v) is 3.60.